The smallest absolute Gasteiger partial charge is 0.164 e. The van der Waals surface area contributed by atoms with Gasteiger partial charge in [-0.15, -0.1) is 0 Å². The molecule has 256 valence electrons. The Kier molecular flexibility index (Phi) is 7.14. The van der Waals surface area contributed by atoms with Crippen LogP contribution in [-0.2, 0) is 0 Å². The summed E-state index contributed by atoms with van der Waals surface area (Å²) in [4.78, 5) is 15.3. The van der Waals surface area contributed by atoms with E-state index in [9.17, 15) is 0 Å². The maximum atomic E-state index is 6.73. The van der Waals surface area contributed by atoms with E-state index in [0.717, 1.165) is 71.3 Å². The topological polar surface area (TPSA) is 51.8 Å². The predicted molar refractivity (Wildman–Crippen MR) is 227 cm³/mol. The van der Waals surface area contributed by atoms with E-state index < -0.39 is 0 Å². The van der Waals surface area contributed by atoms with Crippen LogP contribution >= 0.6 is 0 Å². The molecule has 4 nitrogen and oxygen atoms in total. The second kappa shape index (κ2) is 12.6. The number of fused-ring (bicyclic) bond motifs is 7. The maximum absolute atomic E-state index is 6.73. The summed E-state index contributed by atoms with van der Waals surface area (Å²) in [5.41, 5.74) is 9.20. The molecule has 4 heteroatoms. The molecule has 0 saturated carbocycles. The van der Waals surface area contributed by atoms with Crippen LogP contribution in [-0.4, -0.2) is 15.0 Å². The average Bonchev–Trinajstić information content (AvgIpc) is 3.65. The molecule has 0 fully saturated rings. The fourth-order valence-corrected chi connectivity index (χ4v) is 8.13. The Morgan fingerprint density at radius 2 is 0.891 bits per heavy atom. The molecule has 0 saturated heterocycles. The number of hydrogen-bond acceptors (Lipinski definition) is 4. The lowest BCUT2D eigenvalue weighted by Gasteiger charge is -2.14. The molecule has 0 atom stereocenters. The van der Waals surface area contributed by atoms with Crippen LogP contribution in [0.1, 0.15) is 0 Å². The lowest BCUT2D eigenvalue weighted by molar-refractivity contribution is 0.673. The Bertz CT molecular complexity index is 3260. The van der Waals surface area contributed by atoms with Crippen molar-refractivity contribution in [1.29, 1.82) is 0 Å². The van der Waals surface area contributed by atoms with Crippen LogP contribution in [0.25, 0.3) is 111 Å². The van der Waals surface area contributed by atoms with Gasteiger partial charge in [-0.05, 0) is 73.5 Å². The first-order valence-electron chi connectivity index (χ1n) is 18.5. The van der Waals surface area contributed by atoms with E-state index in [1.807, 2.05) is 30.3 Å². The number of furan rings is 1. The minimum absolute atomic E-state index is 0.630. The third-order valence-corrected chi connectivity index (χ3v) is 10.7. The van der Waals surface area contributed by atoms with Crippen LogP contribution in [0.15, 0.2) is 192 Å². The highest BCUT2D eigenvalue weighted by Crippen LogP contribution is 2.45. The van der Waals surface area contributed by atoms with E-state index in [1.54, 1.807) is 0 Å². The van der Waals surface area contributed by atoms with Crippen molar-refractivity contribution in [3.63, 3.8) is 0 Å². The van der Waals surface area contributed by atoms with Gasteiger partial charge in [0.15, 0.2) is 17.5 Å². The van der Waals surface area contributed by atoms with E-state index in [1.165, 1.54) is 21.9 Å². The summed E-state index contributed by atoms with van der Waals surface area (Å²) >= 11 is 0. The average molecular weight is 702 g/mol. The molecule has 11 aromatic rings. The fraction of sp³-hybridized carbons (Fsp3) is 0. The third kappa shape index (κ3) is 5.19. The molecule has 0 N–H and O–H groups in total. The number of rotatable bonds is 5. The van der Waals surface area contributed by atoms with Gasteiger partial charge in [0.1, 0.15) is 11.2 Å². The van der Waals surface area contributed by atoms with Crippen molar-refractivity contribution in [2.24, 2.45) is 0 Å². The molecule has 0 aliphatic carbocycles. The minimum Gasteiger partial charge on any atom is -0.455 e. The molecule has 2 aromatic heterocycles. The highest BCUT2D eigenvalue weighted by molar-refractivity contribution is 6.23. The van der Waals surface area contributed by atoms with Crippen molar-refractivity contribution in [3.8, 4) is 56.4 Å². The standard InChI is InChI=1S/C51H31N3O/c1-3-15-33(16-4-1)44-31-45-47-41(24-13-25-46(47)55-48(45)42-23-12-11-22-39(42)44)40-28-29-43(38-21-10-9-20-37(38)40)51-53-49(34-17-5-2-6-18-34)52-50(54-51)36-27-26-32-14-7-8-19-35(32)30-36/h1-31H. The van der Waals surface area contributed by atoms with Gasteiger partial charge in [-0.2, -0.15) is 0 Å². The Labute approximate surface area is 317 Å². The first-order valence-corrected chi connectivity index (χ1v) is 18.5. The molecule has 0 radical (unpaired) electrons. The first kappa shape index (κ1) is 31.1. The van der Waals surface area contributed by atoms with Crippen molar-refractivity contribution in [3.05, 3.63) is 188 Å². The van der Waals surface area contributed by atoms with Gasteiger partial charge >= 0.3 is 0 Å². The minimum atomic E-state index is 0.630. The normalized spacial score (nSPS) is 11.6. The molecule has 0 aliphatic rings. The van der Waals surface area contributed by atoms with Gasteiger partial charge in [-0.25, -0.2) is 15.0 Å². The third-order valence-electron chi connectivity index (χ3n) is 10.7. The molecular weight excluding hydrogens is 671 g/mol. The number of aromatic nitrogens is 3. The molecule has 0 amide bonds. The van der Waals surface area contributed by atoms with Gasteiger partial charge in [0, 0.05) is 32.8 Å². The lowest BCUT2D eigenvalue weighted by Crippen LogP contribution is -2.00. The Hall–Kier alpha value is -7.43. The van der Waals surface area contributed by atoms with Crippen LogP contribution in [0, 0.1) is 0 Å². The molecule has 0 aliphatic heterocycles. The second-order valence-corrected chi connectivity index (χ2v) is 13.9. The summed E-state index contributed by atoms with van der Waals surface area (Å²) < 4.78 is 6.73. The van der Waals surface area contributed by atoms with Gasteiger partial charge < -0.3 is 4.42 Å². The zero-order chi connectivity index (χ0) is 36.3. The van der Waals surface area contributed by atoms with Gasteiger partial charge in [0.05, 0.1) is 0 Å². The molecule has 11 rings (SSSR count). The maximum Gasteiger partial charge on any atom is 0.164 e. The van der Waals surface area contributed by atoms with Crippen molar-refractivity contribution in [2.75, 3.05) is 0 Å². The van der Waals surface area contributed by atoms with Crippen molar-refractivity contribution < 1.29 is 4.42 Å². The van der Waals surface area contributed by atoms with Crippen molar-refractivity contribution in [1.82, 2.24) is 15.0 Å². The van der Waals surface area contributed by atoms with Gasteiger partial charge in [-0.3, -0.25) is 0 Å². The van der Waals surface area contributed by atoms with Crippen molar-refractivity contribution in [2.45, 2.75) is 0 Å². The summed E-state index contributed by atoms with van der Waals surface area (Å²) in [6.07, 6.45) is 0. The van der Waals surface area contributed by atoms with Crippen LogP contribution in [0.3, 0.4) is 0 Å². The summed E-state index contributed by atoms with van der Waals surface area (Å²) in [6.45, 7) is 0. The molecule has 2 heterocycles. The number of hydrogen-bond donors (Lipinski definition) is 0. The molecule has 0 spiro atoms. The van der Waals surface area contributed by atoms with Crippen molar-refractivity contribution >= 4 is 54.3 Å². The van der Waals surface area contributed by atoms with Crippen LogP contribution < -0.4 is 0 Å². The van der Waals surface area contributed by atoms with E-state index in [-0.39, 0.29) is 0 Å². The SMILES string of the molecule is c1ccc(-c2nc(-c3ccc4ccccc4c3)nc(-c3ccc(-c4cccc5oc6c7ccccc7c(-c7ccccc7)cc6c45)c4ccccc34)n2)cc1. The molecule has 0 unspecified atom stereocenters. The largest absolute Gasteiger partial charge is 0.455 e. The lowest BCUT2D eigenvalue weighted by atomic mass is 9.90. The number of benzene rings is 9. The first-order chi connectivity index (χ1) is 27.3. The van der Waals surface area contributed by atoms with Gasteiger partial charge in [-0.1, -0.05) is 164 Å². The molecule has 9 aromatic carbocycles. The summed E-state index contributed by atoms with van der Waals surface area (Å²) in [5.74, 6) is 1.91. The van der Waals surface area contributed by atoms with Gasteiger partial charge in [0.2, 0.25) is 0 Å². The van der Waals surface area contributed by atoms with Crippen LogP contribution in [0.4, 0.5) is 0 Å². The summed E-state index contributed by atoms with van der Waals surface area (Å²) in [5, 5.41) is 8.97. The quantitative estimate of drug-likeness (QED) is 0.179. The molecule has 0 bridgehead atoms. The number of nitrogens with zero attached hydrogens (tertiary/aromatic N) is 3. The van der Waals surface area contributed by atoms with E-state index >= 15 is 0 Å². The monoisotopic (exact) mass is 701 g/mol. The highest BCUT2D eigenvalue weighted by Gasteiger charge is 2.21. The fourth-order valence-electron chi connectivity index (χ4n) is 8.13. The van der Waals surface area contributed by atoms with E-state index in [0.29, 0.717) is 17.5 Å². The molecule has 55 heavy (non-hydrogen) atoms. The zero-order valence-electron chi connectivity index (χ0n) is 29.6. The van der Waals surface area contributed by atoms with Gasteiger partial charge in [0.25, 0.3) is 0 Å². The summed E-state index contributed by atoms with van der Waals surface area (Å²) in [6, 6.07) is 65.7. The van der Waals surface area contributed by atoms with E-state index in [4.69, 9.17) is 19.4 Å². The Balaban J connectivity index is 1.14. The predicted octanol–water partition coefficient (Wildman–Crippen LogP) is 13.6. The zero-order valence-corrected chi connectivity index (χ0v) is 29.6. The second-order valence-electron chi connectivity index (χ2n) is 13.9. The molecular formula is C51H31N3O. The Morgan fingerprint density at radius 3 is 1.65 bits per heavy atom. The van der Waals surface area contributed by atoms with Crippen LogP contribution in [0.5, 0.6) is 0 Å². The Morgan fingerprint density at radius 1 is 0.309 bits per heavy atom. The summed E-state index contributed by atoms with van der Waals surface area (Å²) in [7, 11) is 0. The van der Waals surface area contributed by atoms with Crippen LogP contribution in [0.2, 0.25) is 0 Å². The van der Waals surface area contributed by atoms with E-state index in [2.05, 4.69) is 158 Å². The highest BCUT2D eigenvalue weighted by atomic mass is 16.3.